The molecule has 8 rings (SSSR count). The third-order valence-electron chi connectivity index (χ3n) is 8.80. The van der Waals surface area contributed by atoms with E-state index in [1.807, 2.05) is 23.7 Å². The average molecular weight is 485 g/mol. The Hall–Kier alpha value is -2.09. The Morgan fingerprint density at radius 3 is 2.48 bits per heavy atom. The van der Waals surface area contributed by atoms with Crippen molar-refractivity contribution >= 4 is 51.4 Å². The number of aliphatic hydroxyl groups is 1. The smallest absolute Gasteiger partial charge is 0.227 e. The van der Waals surface area contributed by atoms with Gasteiger partial charge in [0.25, 0.3) is 0 Å². The van der Waals surface area contributed by atoms with Crippen LogP contribution in [0.3, 0.4) is 0 Å². The molecule has 0 spiro atoms. The molecule has 1 aromatic carbocycles. The molecule has 4 bridgehead atoms. The summed E-state index contributed by atoms with van der Waals surface area (Å²) in [6, 6.07) is 3.97. The summed E-state index contributed by atoms with van der Waals surface area (Å²) in [4.78, 5) is 11.5. The van der Waals surface area contributed by atoms with Crippen LogP contribution in [0.5, 0.6) is 0 Å². The number of nitrogens with one attached hydrogen (secondary N) is 1. The third-order valence-corrected chi connectivity index (χ3v) is 9.47. The van der Waals surface area contributed by atoms with Crippen molar-refractivity contribution in [2.45, 2.75) is 50.2 Å². The lowest BCUT2D eigenvalue weighted by Crippen LogP contribution is -2.59. The molecule has 3 aromatic rings. The van der Waals surface area contributed by atoms with Gasteiger partial charge in [0.15, 0.2) is 5.15 Å². The van der Waals surface area contributed by atoms with Gasteiger partial charge < -0.3 is 15.3 Å². The third kappa shape index (κ3) is 2.88. The summed E-state index contributed by atoms with van der Waals surface area (Å²) in [5, 5.41) is 20.8. The second-order valence-electron chi connectivity index (χ2n) is 10.7. The van der Waals surface area contributed by atoms with Crippen molar-refractivity contribution in [1.82, 2.24) is 19.7 Å². The lowest BCUT2D eigenvalue weighted by atomic mass is 9.50. The largest absolute Gasteiger partial charge is 0.389 e. The number of halogens is 2. The van der Waals surface area contributed by atoms with Crippen molar-refractivity contribution in [1.29, 1.82) is 0 Å². The van der Waals surface area contributed by atoms with Crippen LogP contribution in [0.1, 0.15) is 39.0 Å². The van der Waals surface area contributed by atoms with Crippen LogP contribution in [0.15, 0.2) is 24.5 Å². The second-order valence-corrected chi connectivity index (χ2v) is 11.5. The van der Waals surface area contributed by atoms with E-state index in [0.29, 0.717) is 16.1 Å². The van der Waals surface area contributed by atoms with Crippen LogP contribution in [0, 0.1) is 17.8 Å². The normalized spacial score (nSPS) is 34.3. The van der Waals surface area contributed by atoms with Gasteiger partial charge in [-0.15, -0.1) is 0 Å². The Labute approximate surface area is 202 Å². The molecule has 9 heteroatoms. The molecule has 0 unspecified atom stereocenters. The maximum atomic E-state index is 10.8. The molecule has 1 aliphatic heterocycles. The number of piperidine rings is 1. The van der Waals surface area contributed by atoms with E-state index >= 15 is 0 Å². The van der Waals surface area contributed by atoms with Crippen molar-refractivity contribution in [2.75, 3.05) is 23.3 Å². The molecule has 3 atom stereocenters. The van der Waals surface area contributed by atoms with Gasteiger partial charge in [-0.05, 0) is 57.1 Å². The number of fused-ring (bicyclic) bond motifs is 3. The minimum atomic E-state index is -0.581. The first-order chi connectivity index (χ1) is 15.8. The van der Waals surface area contributed by atoms with Gasteiger partial charge >= 0.3 is 0 Å². The second kappa shape index (κ2) is 6.74. The highest BCUT2D eigenvalue weighted by molar-refractivity contribution is 6.34. The van der Waals surface area contributed by atoms with Crippen LogP contribution < -0.4 is 10.2 Å². The number of hydrogen-bond acceptors (Lipinski definition) is 6. The van der Waals surface area contributed by atoms with Crippen LogP contribution >= 0.6 is 23.2 Å². The Kier molecular flexibility index (Phi) is 4.14. The molecule has 0 amide bonds. The van der Waals surface area contributed by atoms with Crippen molar-refractivity contribution in [3.05, 3.63) is 34.7 Å². The topological polar surface area (TPSA) is 79.1 Å². The van der Waals surface area contributed by atoms with E-state index in [-0.39, 0.29) is 17.4 Å². The summed E-state index contributed by atoms with van der Waals surface area (Å²) in [5.41, 5.74) is 2.07. The quantitative estimate of drug-likeness (QED) is 0.543. The zero-order chi connectivity index (χ0) is 22.5. The first-order valence-corrected chi connectivity index (χ1v) is 12.5. The maximum Gasteiger partial charge on any atom is 0.227 e. The Morgan fingerprint density at radius 1 is 1.09 bits per heavy atom. The summed E-state index contributed by atoms with van der Waals surface area (Å²) >= 11 is 13.3. The highest BCUT2D eigenvalue weighted by Gasteiger charge is 2.59. The van der Waals surface area contributed by atoms with E-state index < -0.39 is 5.60 Å². The molecule has 5 aliphatic rings. The summed E-state index contributed by atoms with van der Waals surface area (Å²) in [5.74, 6) is 1.88. The minimum Gasteiger partial charge on any atom is -0.389 e. The number of benzene rings is 1. The Morgan fingerprint density at radius 2 is 1.82 bits per heavy atom. The Balaban J connectivity index is 1.18. The highest BCUT2D eigenvalue weighted by atomic mass is 35.5. The number of rotatable bonds is 4. The number of aromatic nitrogens is 4. The number of nitrogens with zero attached hydrogens (tertiary/aromatic N) is 5. The minimum absolute atomic E-state index is 0.135. The van der Waals surface area contributed by atoms with E-state index in [9.17, 15) is 5.11 Å². The van der Waals surface area contributed by atoms with Crippen LogP contribution in [-0.4, -0.2) is 43.5 Å². The van der Waals surface area contributed by atoms with E-state index in [2.05, 4.69) is 20.3 Å². The number of hydrogen-bond donors (Lipinski definition) is 2. The monoisotopic (exact) mass is 484 g/mol. The molecule has 7 nitrogen and oxygen atoms in total. The maximum absolute atomic E-state index is 10.8. The molecule has 33 heavy (non-hydrogen) atoms. The summed E-state index contributed by atoms with van der Waals surface area (Å²) in [6.45, 7) is 3.60. The van der Waals surface area contributed by atoms with Crippen molar-refractivity contribution in [3.8, 4) is 0 Å². The summed E-state index contributed by atoms with van der Waals surface area (Å²) in [7, 11) is 0. The molecule has 5 fully saturated rings. The highest BCUT2D eigenvalue weighted by Crippen LogP contribution is 2.63. The zero-order valence-corrected chi connectivity index (χ0v) is 19.9. The summed E-state index contributed by atoms with van der Waals surface area (Å²) < 4.78 is 1.97. The van der Waals surface area contributed by atoms with Crippen LogP contribution in [0.4, 0.5) is 17.3 Å². The average Bonchev–Trinajstić information content (AvgIpc) is 3.08. The van der Waals surface area contributed by atoms with Gasteiger partial charge in [-0.1, -0.05) is 23.2 Å². The van der Waals surface area contributed by atoms with Gasteiger partial charge in [0.1, 0.15) is 0 Å². The fourth-order valence-corrected chi connectivity index (χ4v) is 7.19. The molecular weight excluding hydrogens is 459 g/mol. The fraction of sp³-hybridized carbons (Fsp3) is 0.542. The lowest BCUT2D eigenvalue weighted by Gasteiger charge is -2.61. The molecule has 2 aromatic heterocycles. The van der Waals surface area contributed by atoms with Gasteiger partial charge in [-0.25, -0.2) is 14.6 Å². The standard InChI is InChI=1S/C24H26Cl2N6O/c1-23(33)15-2-3-16(23)12-31(11-15)20-5-18-14(4-17(20)25)9-27-22(29-18)30-19-10-28-32(21(19)26)24-6-13(7-24)8-24/h4-5,9-10,13,15-16,33H,2-3,6-8,11-12H2,1H3,(H,27,29,30)/t13?,15-,16+,23+,24?. The van der Waals surface area contributed by atoms with Gasteiger partial charge in [-0.3, -0.25) is 0 Å². The predicted octanol–water partition coefficient (Wildman–Crippen LogP) is 4.98. The van der Waals surface area contributed by atoms with Crippen molar-refractivity contribution in [3.63, 3.8) is 0 Å². The number of anilines is 3. The van der Waals surface area contributed by atoms with E-state index in [0.717, 1.165) is 54.1 Å². The van der Waals surface area contributed by atoms with Crippen molar-refractivity contribution < 1.29 is 5.11 Å². The molecule has 172 valence electrons. The molecular formula is C24H26Cl2N6O. The SMILES string of the molecule is C[C@]1(O)[C@@H]2CC[C@H]1CN(c1cc3nc(Nc4cnn(C56CC(C5)C6)c4Cl)ncc3cc1Cl)C2. The van der Waals surface area contributed by atoms with E-state index in [1.165, 1.54) is 19.3 Å². The van der Waals surface area contributed by atoms with Gasteiger partial charge in [0.2, 0.25) is 5.95 Å². The first kappa shape index (κ1) is 20.3. The summed E-state index contributed by atoms with van der Waals surface area (Å²) in [6.07, 6.45) is 9.20. The van der Waals surface area contributed by atoms with Crippen LogP contribution in [-0.2, 0) is 5.54 Å². The molecule has 3 heterocycles. The molecule has 4 saturated carbocycles. The van der Waals surface area contributed by atoms with Crippen LogP contribution in [0.2, 0.25) is 10.2 Å². The predicted molar refractivity (Wildman–Crippen MR) is 129 cm³/mol. The van der Waals surface area contributed by atoms with Gasteiger partial charge in [-0.2, -0.15) is 5.10 Å². The molecule has 4 aliphatic carbocycles. The van der Waals surface area contributed by atoms with Crippen LogP contribution in [0.25, 0.3) is 10.9 Å². The van der Waals surface area contributed by atoms with E-state index in [1.54, 1.807) is 12.4 Å². The fourth-order valence-electron chi connectivity index (χ4n) is 6.58. The van der Waals surface area contributed by atoms with E-state index in [4.69, 9.17) is 28.2 Å². The van der Waals surface area contributed by atoms with Gasteiger partial charge in [0, 0.05) is 36.5 Å². The Bertz CT molecular complexity index is 1260. The molecule has 1 saturated heterocycles. The van der Waals surface area contributed by atoms with Crippen molar-refractivity contribution in [2.24, 2.45) is 17.8 Å². The first-order valence-electron chi connectivity index (χ1n) is 11.8. The van der Waals surface area contributed by atoms with Gasteiger partial charge in [0.05, 0.1) is 39.3 Å². The lowest BCUT2D eigenvalue weighted by molar-refractivity contribution is -0.0975. The molecule has 0 radical (unpaired) electrons. The zero-order valence-electron chi connectivity index (χ0n) is 18.4. The molecule has 2 N–H and O–H groups in total.